The zero-order valence-corrected chi connectivity index (χ0v) is 14.7. The van der Waals surface area contributed by atoms with Crippen LogP contribution in [0.15, 0.2) is 22.9 Å². The molecule has 9 heteroatoms. The summed E-state index contributed by atoms with van der Waals surface area (Å²) in [6, 6.07) is 3.50. The van der Waals surface area contributed by atoms with E-state index in [1.807, 2.05) is 12.3 Å². The standard InChI is InChI=1S/C15H17N3O4S2/c1-2-5-18(8-13(20)21)12(19)7-10-9-24-15(16-10)17-14(22)11-4-3-6-23-11/h3-4,6,9H,2,5,7-8H2,1H3,(H,20,21)(H,16,17,22). The number of carboxylic acid groups (broad SMARTS) is 1. The lowest BCUT2D eigenvalue weighted by molar-refractivity contribution is -0.144. The highest BCUT2D eigenvalue weighted by Crippen LogP contribution is 2.18. The Kier molecular flexibility index (Phi) is 6.44. The number of carbonyl (C=O) groups is 3. The summed E-state index contributed by atoms with van der Waals surface area (Å²) in [6.45, 7) is 1.94. The number of nitrogens with zero attached hydrogens (tertiary/aromatic N) is 2. The van der Waals surface area contributed by atoms with Crippen molar-refractivity contribution in [3.8, 4) is 0 Å². The molecule has 2 aromatic rings. The van der Waals surface area contributed by atoms with Crippen molar-refractivity contribution in [1.82, 2.24) is 9.88 Å². The Morgan fingerprint density at radius 2 is 2.12 bits per heavy atom. The fourth-order valence-corrected chi connectivity index (χ4v) is 3.33. The third-order valence-corrected chi connectivity index (χ3v) is 4.70. The molecule has 0 aromatic carbocycles. The first-order chi connectivity index (χ1) is 11.5. The second kappa shape index (κ2) is 8.55. The van der Waals surface area contributed by atoms with E-state index in [4.69, 9.17) is 5.11 Å². The Labute approximate surface area is 146 Å². The van der Waals surface area contributed by atoms with E-state index in [9.17, 15) is 14.4 Å². The Morgan fingerprint density at radius 1 is 1.33 bits per heavy atom. The van der Waals surface area contributed by atoms with Crippen molar-refractivity contribution in [2.75, 3.05) is 18.4 Å². The number of thiazole rings is 1. The molecule has 2 heterocycles. The molecule has 0 saturated carbocycles. The molecule has 24 heavy (non-hydrogen) atoms. The van der Waals surface area contributed by atoms with Gasteiger partial charge in [-0.25, -0.2) is 4.98 Å². The van der Waals surface area contributed by atoms with Gasteiger partial charge in [-0.1, -0.05) is 13.0 Å². The predicted octanol–water partition coefficient (Wildman–Crippen LogP) is 2.32. The number of anilines is 1. The van der Waals surface area contributed by atoms with Gasteiger partial charge in [0, 0.05) is 11.9 Å². The number of aromatic nitrogens is 1. The molecule has 2 aromatic heterocycles. The zero-order valence-electron chi connectivity index (χ0n) is 13.0. The first-order valence-electron chi connectivity index (χ1n) is 7.28. The minimum absolute atomic E-state index is 0.0126. The van der Waals surface area contributed by atoms with Gasteiger partial charge in [-0.15, -0.1) is 22.7 Å². The summed E-state index contributed by atoms with van der Waals surface area (Å²) < 4.78 is 0. The van der Waals surface area contributed by atoms with E-state index in [1.54, 1.807) is 17.5 Å². The SMILES string of the molecule is CCCN(CC(=O)O)C(=O)Cc1csc(NC(=O)c2cccs2)n1. The van der Waals surface area contributed by atoms with Crippen LogP contribution in [0, 0.1) is 0 Å². The molecule has 0 aliphatic rings. The summed E-state index contributed by atoms with van der Waals surface area (Å²) in [4.78, 5) is 41.1. The minimum Gasteiger partial charge on any atom is -0.480 e. The monoisotopic (exact) mass is 367 g/mol. The molecule has 0 saturated heterocycles. The van der Waals surface area contributed by atoms with E-state index in [-0.39, 0.29) is 24.8 Å². The van der Waals surface area contributed by atoms with Crippen LogP contribution in [0.25, 0.3) is 0 Å². The molecule has 0 aliphatic heterocycles. The lowest BCUT2D eigenvalue weighted by Gasteiger charge is -2.19. The summed E-state index contributed by atoms with van der Waals surface area (Å²) >= 11 is 2.56. The first-order valence-corrected chi connectivity index (χ1v) is 9.04. The number of hydrogen-bond donors (Lipinski definition) is 2. The molecule has 128 valence electrons. The Hall–Kier alpha value is -2.26. The molecule has 2 N–H and O–H groups in total. The van der Waals surface area contributed by atoms with E-state index >= 15 is 0 Å². The maximum Gasteiger partial charge on any atom is 0.323 e. The quantitative estimate of drug-likeness (QED) is 0.746. The number of hydrogen-bond acceptors (Lipinski definition) is 6. The van der Waals surface area contributed by atoms with Crippen molar-refractivity contribution < 1.29 is 19.5 Å². The summed E-state index contributed by atoms with van der Waals surface area (Å²) in [5, 5.41) is 15.5. The maximum absolute atomic E-state index is 12.2. The van der Waals surface area contributed by atoms with Gasteiger partial charge >= 0.3 is 5.97 Å². The number of carboxylic acids is 1. The van der Waals surface area contributed by atoms with Crippen LogP contribution in [0.1, 0.15) is 28.7 Å². The third kappa shape index (κ3) is 5.14. The topological polar surface area (TPSA) is 99.6 Å². The summed E-state index contributed by atoms with van der Waals surface area (Å²) in [7, 11) is 0. The number of amides is 2. The highest BCUT2D eigenvalue weighted by Gasteiger charge is 2.18. The van der Waals surface area contributed by atoms with Crippen LogP contribution in [-0.2, 0) is 16.0 Å². The van der Waals surface area contributed by atoms with Gasteiger partial charge < -0.3 is 10.0 Å². The fraction of sp³-hybridized carbons (Fsp3) is 0.333. The van der Waals surface area contributed by atoms with E-state index in [1.165, 1.54) is 27.6 Å². The first kappa shape index (κ1) is 18.1. The molecular weight excluding hydrogens is 350 g/mol. The van der Waals surface area contributed by atoms with E-state index in [0.29, 0.717) is 28.7 Å². The van der Waals surface area contributed by atoms with Gasteiger partial charge in [0.1, 0.15) is 6.54 Å². The average molecular weight is 367 g/mol. The largest absolute Gasteiger partial charge is 0.480 e. The Balaban J connectivity index is 1.95. The van der Waals surface area contributed by atoms with Gasteiger partial charge in [0.15, 0.2) is 5.13 Å². The molecule has 2 rings (SSSR count). The number of carbonyl (C=O) groups excluding carboxylic acids is 2. The lowest BCUT2D eigenvalue weighted by atomic mass is 10.3. The van der Waals surface area contributed by atoms with Gasteiger partial charge in [-0.2, -0.15) is 0 Å². The van der Waals surface area contributed by atoms with Crippen LogP contribution < -0.4 is 5.32 Å². The summed E-state index contributed by atoms with van der Waals surface area (Å²) in [6.07, 6.45) is 0.691. The van der Waals surface area contributed by atoms with Crippen molar-refractivity contribution >= 4 is 45.6 Å². The fourth-order valence-electron chi connectivity index (χ4n) is 2.00. The van der Waals surface area contributed by atoms with Crippen molar-refractivity contribution in [2.45, 2.75) is 19.8 Å². The highest BCUT2D eigenvalue weighted by atomic mass is 32.1. The number of rotatable bonds is 8. The molecule has 0 fully saturated rings. The van der Waals surface area contributed by atoms with Crippen LogP contribution >= 0.6 is 22.7 Å². The number of aliphatic carboxylic acids is 1. The van der Waals surface area contributed by atoms with Crippen LogP contribution in [0.5, 0.6) is 0 Å². The Morgan fingerprint density at radius 3 is 2.75 bits per heavy atom. The van der Waals surface area contributed by atoms with Gasteiger partial charge in [0.05, 0.1) is 17.0 Å². The van der Waals surface area contributed by atoms with Gasteiger partial charge in [0.2, 0.25) is 5.91 Å². The number of nitrogens with one attached hydrogen (secondary N) is 1. The van der Waals surface area contributed by atoms with Crippen LogP contribution in [-0.4, -0.2) is 45.9 Å². The molecule has 0 spiro atoms. The average Bonchev–Trinajstić information content (AvgIpc) is 3.18. The van der Waals surface area contributed by atoms with E-state index in [2.05, 4.69) is 10.3 Å². The van der Waals surface area contributed by atoms with E-state index < -0.39 is 5.97 Å². The second-order valence-electron chi connectivity index (χ2n) is 4.96. The van der Waals surface area contributed by atoms with Crippen LogP contribution in [0.2, 0.25) is 0 Å². The van der Waals surface area contributed by atoms with Crippen molar-refractivity contribution in [3.05, 3.63) is 33.5 Å². The van der Waals surface area contributed by atoms with Gasteiger partial charge in [-0.3, -0.25) is 19.7 Å². The summed E-state index contributed by atoms with van der Waals surface area (Å²) in [5.41, 5.74) is 0.512. The highest BCUT2D eigenvalue weighted by molar-refractivity contribution is 7.14. The molecule has 0 aliphatic carbocycles. The molecule has 0 atom stereocenters. The lowest BCUT2D eigenvalue weighted by Crippen LogP contribution is -2.37. The molecule has 0 radical (unpaired) electrons. The normalized spacial score (nSPS) is 10.4. The molecule has 2 amide bonds. The van der Waals surface area contributed by atoms with Gasteiger partial charge in [-0.05, 0) is 17.9 Å². The summed E-state index contributed by atoms with van der Waals surface area (Å²) in [5.74, 6) is -1.57. The molecule has 0 bridgehead atoms. The van der Waals surface area contributed by atoms with Crippen molar-refractivity contribution in [1.29, 1.82) is 0 Å². The zero-order chi connectivity index (χ0) is 17.5. The minimum atomic E-state index is -1.04. The van der Waals surface area contributed by atoms with E-state index in [0.717, 1.165) is 0 Å². The van der Waals surface area contributed by atoms with Crippen LogP contribution in [0.4, 0.5) is 5.13 Å². The Bertz CT molecular complexity index is 712. The number of thiophene rings is 1. The predicted molar refractivity (Wildman–Crippen MR) is 92.6 cm³/mol. The smallest absolute Gasteiger partial charge is 0.323 e. The molecular formula is C15H17N3O4S2. The van der Waals surface area contributed by atoms with Gasteiger partial charge in [0.25, 0.3) is 5.91 Å². The third-order valence-electron chi connectivity index (χ3n) is 3.02. The maximum atomic E-state index is 12.2. The van der Waals surface area contributed by atoms with Crippen LogP contribution in [0.3, 0.4) is 0 Å². The van der Waals surface area contributed by atoms with Crippen molar-refractivity contribution in [3.63, 3.8) is 0 Å². The van der Waals surface area contributed by atoms with Crippen molar-refractivity contribution in [2.24, 2.45) is 0 Å². The molecule has 7 nitrogen and oxygen atoms in total. The second-order valence-corrected chi connectivity index (χ2v) is 6.77. The molecule has 0 unspecified atom stereocenters.